The van der Waals surface area contributed by atoms with Gasteiger partial charge in [0.2, 0.25) is 5.69 Å². The zero-order chi connectivity index (χ0) is 19.4. The molecule has 0 radical (unpaired) electrons. The Hall–Kier alpha value is -2.41. The minimum absolute atomic E-state index is 0.257. The molecule has 0 saturated carbocycles. The van der Waals surface area contributed by atoms with Crippen molar-refractivity contribution in [3.8, 4) is 22.4 Å². The van der Waals surface area contributed by atoms with Gasteiger partial charge in [-0.3, -0.25) is 0 Å². The number of nitrogens with zero attached hydrogens (tertiary/aromatic N) is 1. The molecule has 4 rings (SSSR count). The first-order valence-corrected chi connectivity index (χ1v) is 7.43. The number of aryl methyl sites for hydroxylation is 1. The van der Waals surface area contributed by atoms with Crippen LogP contribution >= 0.6 is 0 Å². The van der Waals surface area contributed by atoms with Crippen molar-refractivity contribution in [2.75, 3.05) is 0 Å². The van der Waals surface area contributed by atoms with Gasteiger partial charge in [-0.25, -0.2) is 0 Å². The van der Waals surface area contributed by atoms with E-state index in [1.807, 2.05) is 47.0 Å². The van der Waals surface area contributed by atoms with Crippen molar-refractivity contribution in [3.05, 3.63) is 77.5 Å². The molecule has 0 saturated heterocycles. The van der Waals surface area contributed by atoms with Gasteiger partial charge in [0.15, 0.2) is 12.2 Å². The van der Waals surface area contributed by atoms with E-state index in [1.165, 1.54) is 6.92 Å². The lowest BCUT2D eigenvalue weighted by Gasteiger charge is -2.10. The highest BCUT2D eigenvalue weighted by atomic mass is 15.0. The highest BCUT2D eigenvalue weighted by molar-refractivity contribution is 5.71. The Labute approximate surface area is 138 Å². The molecule has 0 bridgehead atoms. The molecule has 0 unspecified atom stereocenters. The number of hydrogen-bond donors (Lipinski definition) is 0. The van der Waals surface area contributed by atoms with Crippen molar-refractivity contribution in [2.45, 2.75) is 26.7 Å². The molecule has 0 aliphatic carbocycles. The predicted octanol–water partition coefficient (Wildman–Crippen LogP) is 4.54. The lowest BCUT2D eigenvalue weighted by molar-refractivity contribution is -0.677. The largest absolute Gasteiger partial charge is 0.213 e. The number of fused-ring (bicyclic) bond motifs is 3. The minimum Gasteiger partial charge on any atom is -0.191 e. The van der Waals surface area contributed by atoms with Gasteiger partial charge in [-0.15, -0.1) is 0 Å². The van der Waals surface area contributed by atoms with Gasteiger partial charge in [-0.2, -0.15) is 4.57 Å². The molecule has 108 valence electrons. The number of aromatic nitrogens is 1. The molecule has 1 aliphatic rings. The fraction of sp³-hybridized carbons (Fsp3) is 0.190. The van der Waals surface area contributed by atoms with E-state index in [0.29, 0.717) is 23.2 Å². The van der Waals surface area contributed by atoms with E-state index in [9.17, 15) is 0 Å². The molecule has 1 nitrogen and oxygen atoms in total. The fourth-order valence-electron chi connectivity index (χ4n) is 3.23. The van der Waals surface area contributed by atoms with Crippen LogP contribution in [-0.2, 0) is 12.9 Å². The Morgan fingerprint density at radius 2 is 1.73 bits per heavy atom. The third kappa shape index (κ3) is 1.89. The number of pyridine rings is 1. The van der Waals surface area contributed by atoms with Gasteiger partial charge in [0.05, 0.1) is 5.56 Å². The Bertz CT molecular complexity index is 1030. The average molecular weight is 291 g/mol. The summed E-state index contributed by atoms with van der Waals surface area (Å²) in [7, 11) is 0. The summed E-state index contributed by atoms with van der Waals surface area (Å²) in [6, 6.07) is 18.8. The molecule has 1 aromatic heterocycles. The highest BCUT2D eigenvalue weighted by Crippen LogP contribution is 2.32. The predicted molar refractivity (Wildman–Crippen MR) is 90.7 cm³/mol. The lowest BCUT2D eigenvalue weighted by Crippen LogP contribution is -2.36. The standard InChI is InChI=1S/C21H20N/c1-3-16-8-4-6-10-19(16)18-12-13-21-20-11-7-5-9-17(20)14-22(21)15(18)2/h4-13H,3,14H2,1-2H3/q+1/i2D3,3D2. The molecule has 0 fully saturated rings. The Balaban J connectivity index is 2.02. The molecule has 0 N–H and O–H groups in total. The maximum Gasteiger partial charge on any atom is 0.213 e. The zero-order valence-corrected chi connectivity index (χ0v) is 12.4. The monoisotopic (exact) mass is 291 g/mol. The van der Waals surface area contributed by atoms with Gasteiger partial charge in [0.25, 0.3) is 0 Å². The third-order valence-electron chi connectivity index (χ3n) is 4.33. The maximum atomic E-state index is 8.18. The molecule has 22 heavy (non-hydrogen) atoms. The van der Waals surface area contributed by atoms with Gasteiger partial charge in [-0.05, 0) is 29.6 Å². The van der Waals surface area contributed by atoms with Crippen LogP contribution in [0.3, 0.4) is 0 Å². The second kappa shape index (κ2) is 5.10. The van der Waals surface area contributed by atoms with E-state index < -0.39 is 13.2 Å². The first-order valence-electron chi connectivity index (χ1n) is 9.93. The second-order valence-electron chi connectivity index (χ2n) is 5.52. The normalized spacial score (nSPS) is 16.7. The lowest BCUT2D eigenvalue weighted by atomic mass is 9.96. The molecule has 2 heterocycles. The van der Waals surface area contributed by atoms with Crippen molar-refractivity contribution < 1.29 is 11.4 Å². The number of hydrogen-bond acceptors (Lipinski definition) is 0. The third-order valence-corrected chi connectivity index (χ3v) is 4.33. The van der Waals surface area contributed by atoms with E-state index in [0.717, 1.165) is 16.8 Å². The van der Waals surface area contributed by atoms with Crippen LogP contribution in [0.25, 0.3) is 22.4 Å². The van der Waals surface area contributed by atoms with Crippen LogP contribution in [0.4, 0.5) is 0 Å². The maximum absolute atomic E-state index is 8.18. The van der Waals surface area contributed by atoms with E-state index in [-0.39, 0.29) is 5.69 Å². The zero-order valence-electron chi connectivity index (χ0n) is 17.4. The molecular weight excluding hydrogens is 266 g/mol. The Kier molecular flexibility index (Phi) is 2.06. The number of benzene rings is 2. The van der Waals surface area contributed by atoms with Crippen LogP contribution in [0.2, 0.25) is 0 Å². The van der Waals surface area contributed by atoms with Crippen LogP contribution in [0.15, 0.2) is 60.7 Å². The van der Waals surface area contributed by atoms with Gasteiger partial charge in [0.1, 0.15) is 0 Å². The average Bonchev–Trinajstić information content (AvgIpc) is 2.97. The Morgan fingerprint density at radius 1 is 0.955 bits per heavy atom. The summed E-state index contributed by atoms with van der Waals surface area (Å²) in [5.41, 5.74) is 4.97. The van der Waals surface area contributed by atoms with Gasteiger partial charge >= 0.3 is 0 Å². The van der Waals surface area contributed by atoms with Crippen LogP contribution in [0, 0.1) is 6.85 Å². The molecule has 2 aromatic carbocycles. The van der Waals surface area contributed by atoms with E-state index in [1.54, 1.807) is 18.2 Å². The van der Waals surface area contributed by atoms with Crippen molar-refractivity contribution in [1.82, 2.24) is 0 Å². The van der Waals surface area contributed by atoms with Crippen molar-refractivity contribution in [3.63, 3.8) is 0 Å². The smallest absolute Gasteiger partial charge is 0.191 e. The summed E-state index contributed by atoms with van der Waals surface area (Å²) in [5, 5.41) is 0. The fourth-order valence-corrected chi connectivity index (χ4v) is 3.23. The quantitative estimate of drug-likeness (QED) is 0.477. The molecular formula is C21H20N+. The molecule has 0 amide bonds. The topological polar surface area (TPSA) is 3.88 Å². The van der Waals surface area contributed by atoms with Crippen molar-refractivity contribution in [1.29, 1.82) is 0 Å². The van der Waals surface area contributed by atoms with Gasteiger partial charge < -0.3 is 0 Å². The van der Waals surface area contributed by atoms with Gasteiger partial charge in [0, 0.05) is 30.9 Å². The van der Waals surface area contributed by atoms with Crippen molar-refractivity contribution >= 4 is 0 Å². The first kappa shape index (κ1) is 8.89. The summed E-state index contributed by atoms with van der Waals surface area (Å²) in [6.45, 7) is -0.313. The molecule has 0 atom stereocenters. The van der Waals surface area contributed by atoms with Crippen molar-refractivity contribution in [2.24, 2.45) is 0 Å². The van der Waals surface area contributed by atoms with Crippen LogP contribution < -0.4 is 4.57 Å². The van der Waals surface area contributed by atoms with Crippen LogP contribution in [-0.4, -0.2) is 0 Å². The summed E-state index contributed by atoms with van der Waals surface area (Å²) < 4.78 is 42.7. The van der Waals surface area contributed by atoms with Gasteiger partial charge in [-0.1, -0.05) is 49.4 Å². The second-order valence-corrected chi connectivity index (χ2v) is 5.52. The summed E-state index contributed by atoms with van der Waals surface area (Å²) in [4.78, 5) is 0. The SMILES string of the molecule is [2H]C([2H])([2H])c1c(-c2ccccc2C([2H])([2H])C)ccc2[n+]1Cc1ccccc1-2. The van der Waals surface area contributed by atoms with Crippen LogP contribution in [0.5, 0.6) is 0 Å². The van der Waals surface area contributed by atoms with E-state index in [4.69, 9.17) is 6.85 Å². The molecule has 1 heteroatoms. The first-order chi connectivity index (χ1) is 12.7. The minimum atomic E-state index is -2.32. The molecule has 1 aliphatic heterocycles. The van der Waals surface area contributed by atoms with E-state index in [2.05, 4.69) is 0 Å². The summed E-state index contributed by atoms with van der Waals surface area (Å²) >= 11 is 0. The summed E-state index contributed by atoms with van der Waals surface area (Å²) in [5.74, 6) is 0. The summed E-state index contributed by atoms with van der Waals surface area (Å²) in [6.07, 6.45) is -1.57. The molecule has 3 aromatic rings. The van der Waals surface area contributed by atoms with E-state index >= 15 is 0 Å². The highest BCUT2D eigenvalue weighted by Gasteiger charge is 2.29. The van der Waals surface area contributed by atoms with Crippen LogP contribution in [0.1, 0.15) is 30.6 Å². The number of rotatable bonds is 2. The molecule has 0 spiro atoms. The Morgan fingerprint density at radius 3 is 2.55 bits per heavy atom.